The van der Waals surface area contributed by atoms with Gasteiger partial charge in [0.2, 0.25) is 0 Å². The molecule has 5 nitrogen and oxygen atoms in total. The molecule has 0 atom stereocenters. The molecule has 1 aliphatic rings. The van der Waals surface area contributed by atoms with Gasteiger partial charge in [0.05, 0.1) is 5.69 Å². The fraction of sp³-hybridized carbons (Fsp3) is 0.636. The van der Waals surface area contributed by atoms with Crippen LogP contribution in [0.15, 0.2) is 12.1 Å². The molecule has 17 heavy (non-hydrogen) atoms. The highest BCUT2D eigenvalue weighted by atomic mass is 32.2. The predicted molar refractivity (Wildman–Crippen MR) is 69.5 cm³/mol. The zero-order chi connectivity index (χ0) is 12.1. The van der Waals surface area contributed by atoms with Crippen LogP contribution in [0, 0.1) is 0 Å². The first-order valence-corrected chi connectivity index (χ1v) is 7.41. The summed E-state index contributed by atoms with van der Waals surface area (Å²) in [5.74, 6) is 2.36. The monoisotopic (exact) mass is 254 g/mol. The van der Waals surface area contributed by atoms with Gasteiger partial charge in [-0.1, -0.05) is 6.92 Å². The van der Waals surface area contributed by atoms with Gasteiger partial charge in [-0.3, -0.25) is 4.21 Å². The number of aromatic nitrogens is 2. The number of rotatable bonds is 4. The van der Waals surface area contributed by atoms with Crippen molar-refractivity contribution in [3.8, 4) is 0 Å². The first-order valence-electron chi connectivity index (χ1n) is 5.93. The van der Waals surface area contributed by atoms with Crippen LogP contribution in [0.4, 0.5) is 5.82 Å². The molecule has 0 aliphatic carbocycles. The summed E-state index contributed by atoms with van der Waals surface area (Å²) in [5, 5.41) is 11.6. The van der Waals surface area contributed by atoms with Crippen LogP contribution in [-0.2, 0) is 17.3 Å². The molecule has 1 aromatic heterocycles. The van der Waals surface area contributed by atoms with Gasteiger partial charge in [0, 0.05) is 41.9 Å². The van der Waals surface area contributed by atoms with E-state index in [9.17, 15) is 4.21 Å². The van der Waals surface area contributed by atoms with Gasteiger partial charge in [-0.25, -0.2) is 0 Å². The number of anilines is 1. The molecule has 0 bridgehead atoms. The van der Waals surface area contributed by atoms with Gasteiger partial charge in [0.15, 0.2) is 5.82 Å². The third-order valence-electron chi connectivity index (χ3n) is 2.76. The van der Waals surface area contributed by atoms with Crippen LogP contribution in [0.1, 0.15) is 12.6 Å². The van der Waals surface area contributed by atoms with E-state index in [4.69, 9.17) is 0 Å². The van der Waals surface area contributed by atoms with Crippen molar-refractivity contribution in [2.24, 2.45) is 0 Å². The van der Waals surface area contributed by atoms with E-state index in [1.54, 1.807) is 0 Å². The average Bonchev–Trinajstić information content (AvgIpc) is 2.38. The first-order chi connectivity index (χ1) is 8.29. The van der Waals surface area contributed by atoms with Crippen molar-refractivity contribution >= 4 is 16.6 Å². The Hall–Kier alpha value is -1.01. The molecule has 6 heteroatoms. The minimum absolute atomic E-state index is 0.643. The van der Waals surface area contributed by atoms with Gasteiger partial charge in [0.1, 0.15) is 0 Å². The van der Waals surface area contributed by atoms with E-state index in [0.717, 1.165) is 49.2 Å². The molecule has 2 heterocycles. The molecule has 0 unspecified atom stereocenters. The summed E-state index contributed by atoms with van der Waals surface area (Å²) < 4.78 is 11.3. The Kier molecular flexibility index (Phi) is 4.44. The maximum atomic E-state index is 11.3. The van der Waals surface area contributed by atoms with E-state index < -0.39 is 10.8 Å². The topological polar surface area (TPSA) is 58.1 Å². The van der Waals surface area contributed by atoms with Crippen LogP contribution in [0.5, 0.6) is 0 Å². The first kappa shape index (κ1) is 12.4. The fourth-order valence-corrected chi connectivity index (χ4v) is 2.79. The zero-order valence-corrected chi connectivity index (χ0v) is 10.9. The van der Waals surface area contributed by atoms with Crippen LogP contribution in [-0.4, -0.2) is 45.5 Å². The van der Waals surface area contributed by atoms with Gasteiger partial charge in [-0.05, 0) is 18.7 Å². The average molecular weight is 254 g/mol. The van der Waals surface area contributed by atoms with Gasteiger partial charge >= 0.3 is 0 Å². The maximum absolute atomic E-state index is 11.3. The van der Waals surface area contributed by atoms with Crippen molar-refractivity contribution in [2.75, 3.05) is 36.0 Å². The minimum atomic E-state index is -0.643. The van der Waals surface area contributed by atoms with Crippen LogP contribution in [0.2, 0.25) is 0 Å². The summed E-state index contributed by atoms with van der Waals surface area (Å²) in [6, 6.07) is 3.99. The minimum Gasteiger partial charge on any atom is -0.353 e. The molecular formula is C11H18N4OS. The normalized spacial score (nSPS) is 17.4. The molecular weight excluding hydrogens is 236 g/mol. The fourth-order valence-electron chi connectivity index (χ4n) is 1.74. The highest BCUT2D eigenvalue weighted by molar-refractivity contribution is 7.85. The molecule has 1 N–H and O–H groups in total. The van der Waals surface area contributed by atoms with Crippen molar-refractivity contribution in [3.05, 3.63) is 17.8 Å². The predicted octanol–water partition coefficient (Wildman–Crippen LogP) is 0.155. The van der Waals surface area contributed by atoms with E-state index in [1.165, 1.54) is 0 Å². The Morgan fingerprint density at radius 1 is 1.35 bits per heavy atom. The molecule has 1 aromatic rings. The zero-order valence-electron chi connectivity index (χ0n) is 10.1. The molecule has 94 valence electrons. The molecule has 0 amide bonds. The largest absolute Gasteiger partial charge is 0.353 e. The lowest BCUT2D eigenvalue weighted by atomic mass is 10.3. The van der Waals surface area contributed by atoms with E-state index in [2.05, 4.69) is 27.3 Å². The van der Waals surface area contributed by atoms with E-state index in [0.29, 0.717) is 0 Å². The lowest BCUT2D eigenvalue weighted by Gasteiger charge is -2.26. The maximum Gasteiger partial charge on any atom is 0.151 e. The Labute approximate surface area is 104 Å². The molecule has 0 saturated carbocycles. The van der Waals surface area contributed by atoms with Crippen LogP contribution >= 0.6 is 0 Å². The molecule has 0 aromatic carbocycles. The van der Waals surface area contributed by atoms with Crippen molar-refractivity contribution < 1.29 is 4.21 Å². The van der Waals surface area contributed by atoms with E-state index >= 15 is 0 Å². The number of hydrogen-bond donors (Lipinski definition) is 1. The van der Waals surface area contributed by atoms with Gasteiger partial charge in [0.25, 0.3) is 0 Å². The number of nitrogens with one attached hydrogen (secondary N) is 1. The molecule has 0 radical (unpaired) electrons. The van der Waals surface area contributed by atoms with Crippen LogP contribution in [0.25, 0.3) is 0 Å². The Morgan fingerprint density at radius 2 is 2.12 bits per heavy atom. The summed E-state index contributed by atoms with van der Waals surface area (Å²) in [7, 11) is -0.643. The van der Waals surface area contributed by atoms with Crippen molar-refractivity contribution in [3.63, 3.8) is 0 Å². The highest BCUT2D eigenvalue weighted by Gasteiger charge is 2.16. The molecule has 1 fully saturated rings. The third kappa shape index (κ3) is 3.47. The van der Waals surface area contributed by atoms with Gasteiger partial charge in [-0.2, -0.15) is 5.10 Å². The van der Waals surface area contributed by atoms with Crippen LogP contribution < -0.4 is 10.2 Å². The SMILES string of the molecule is CCNCc1ccc(N2CCS(=O)CC2)nn1. The van der Waals surface area contributed by atoms with E-state index in [-0.39, 0.29) is 0 Å². The molecule has 2 rings (SSSR count). The molecule has 1 saturated heterocycles. The van der Waals surface area contributed by atoms with Gasteiger partial charge in [-0.15, -0.1) is 5.10 Å². The summed E-state index contributed by atoms with van der Waals surface area (Å²) in [5.41, 5.74) is 0.955. The van der Waals surface area contributed by atoms with Crippen molar-refractivity contribution in [1.82, 2.24) is 15.5 Å². The summed E-state index contributed by atoms with van der Waals surface area (Å²) in [6.45, 7) is 5.38. The molecule has 0 spiro atoms. The second kappa shape index (κ2) is 6.07. The third-order valence-corrected chi connectivity index (χ3v) is 4.04. The number of hydrogen-bond acceptors (Lipinski definition) is 5. The lowest BCUT2D eigenvalue weighted by molar-refractivity contribution is 0.670. The standard InChI is InChI=1S/C11H18N4OS/c1-2-12-9-10-3-4-11(14-13-10)15-5-7-17(16)8-6-15/h3-4,12H,2,5-9H2,1H3. The Morgan fingerprint density at radius 3 is 2.71 bits per heavy atom. The van der Waals surface area contributed by atoms with Crippen molar-refractivity contribution in [1.29, 1.82) is 0 Å². The van der Waals surface area contributed by atoms with Crippen LogP contribution in [0.3, 0.4) is 0 Å². The highest BCUT2D eigenvalue weighted by Crippen LogP contribution is 2.12. The summed E-state index contributed by atoms with van der Waals surface area (Å²) >= 11 is 0. The second-order valence-electron chi connectivity index (χ2n) is 4.00. The quantitative estimate of drug-likeness (QED) is 0.829. The smallest absolute Gasteiger partial charge is 0.151 e. The number of nitrogens with zero attached hydrogens (tertiary/aromatic N) is 3. The van der Waals surface area contributed by atoms with E-state index in [1.807, 2.05) is 12.1 Å². The van der Waals surface area contributed by atoms with Crippen molar-refractivity contribution in [2.45, 2.75) is 13.5 Å². The Bertz CT molecular complexity index is 372. The molecule has 1 aliphatic heterocycles. The summed E-state index contributed by atoms with van der Waals surface area (Å²) in [6.07, 6.45) is 0. The van der Waals surface area contributed by atoms with Gasteiger partial charge < -0.3 is 10.2 Å². The lowest BCUT2D eigenvalue weighted by Crippen LogP contribution is -2.38. The Balaban J connectivity index is 1.95. The second-order valence-corrected chi connectivity index (χ2v) is 5.69. The summed E-state index contributed by atoms with van der Waals surface area (Å²) in [4.78, 5) is 2.14.